The van der Waals surface area contributed by atoms with Gasteiger partial charge < -0.3 is 4.90 Å². The molecule has 1 aromatic carbocycles. The highest BCUT2D eigenvalue weighted by atomic mass is 32.2. The Hall–Kier alpha value is -1.40. The second-order valence-electron chi connectivity index (χ2n) is 2.74. The lowest BCUT2D eigenvalue weighted by Crippen LogP contribution is -2.22. The zero-order valence-corrected chi connectivity index (χ0v) is 8.75. The zero-order chi connectivity index (χ0) is 10.4. The highest BCUT2D eigenvalue weighted by molar-refractivity contribution is 8.13. The van der Waals surface area contributed by atoms with Crippen LogP contribution in [0.15, 0.2) is 35.2 Å². The third kappa shape index (κ3) is 3.15. The number of hydrogen-bond donors (Lipinski definition) is 0. The molecule has 14 heavy (non-hydrogen) atoms. The summed E-state index contributed by atoms with van der Waals surface area (Å²) in [4.78, 5) is 13.9. The van der Waals surface area contributed by atoms with E-state index >= 15 is 0 Å². The van der Waals surface area contributed by atoms with Crippen molar-refractivity contribution in [2.24, 2.45) is 0 Å². The average molecular weight is 205 g/mol. The maximum absolute atomic E-state index is 11.5. The molecule has 2 nitrogen and oxygen atoms in total. The molecule has 0 aromatic heterocycles. The maximum atomic E-state index is 11.5. The summed E-state index contributed by atoms with van der Waals surface area (Å²) in [5.41, 5.74) is 0. The number of carbonyl (C=O) groups excluding carboxylic acids is 1. The molecule has 0 aliphatic heterocycles. The zero-order valence-electron chi connectivity index (χ0n) is 7.93. The number of carbonyl (C=O) groups is 1. The Kier molecular flexibility index (Phi) is 4.09. The van der Waals surface area contributed by atoms with Crippen LogP contribution in [0.1, 0.15) is 0 Å². The predicted molar refractivity (Wildman–Crippen MR) is 59.2 cm³/mol. The lowest BCUT2D eigenvalue weighted by molar-refractivity contribution is 0.238. The van der Waals surface area contributed by atoms with Crippen LogP contribution in [-0.2, 0) is 0 Å². The molecule has 0 N–H and O–H groups in total. The van der Waals surface area contributed by atoms with Crippen LogP contribution in [0.25, 0.3) is 0 Å². The minimum absolute atomic E-state index is 0.0332. The van der Waals surface area contributed by atoms with Crippen molar-refractivity contribution in [1.29, 1.82) is 0 Å². The molecule has 0 saturated heterocycles. The molecule has 0 radical (unpaired) electrons. The van der Waals surface area contributed by atoms with E-state index in [-0.39, 0.29) is 5.24 Å². The Morgan fingerprint density at radius 1 is 1.50 bits per heavy atom. The van der Waals surface area contributed by atoms with E-state index in [2.05, 4.69) is 5.92 Å². The molecule has 0 heterocycles. The van der Waals surface area contributed by atoms with Gasteiger partial charge in [0.15, 0.2) is 0 Å². The van der Waals surface area contributed by atoms with Crippen molar-refractivity contribution in [1.82, 2.24) is 4.90 Å². The Balaban J connectivity index is 2.54. The summed E-state index contributed by atoms with van der Waals surface area (Å²) in [5, 5.41) is -0.0332. The summed E-state index contributed by atoms with van der Waals surface area (Å²) in [5.74, 6) is 2.43. The van der Waals surface area contributed by atoms with Gasteiger partial charge in [0, 0.05) is 11.9 Å². The highest BCUT2D eigenvalue weighted by Gasteiger charge is 2.08. The molecular weight excluding hydrogens is 194 g/mol. The van der Waals surface area contributed by atoms with Crippen molar-refractivity contribution < 1.29 is 4.79 Å². The summed E-state index contributed by atoms with van der Waals surface area (Å²) in [6.07, 6.45) is 5.11. The van der Waals surface area contributed by atoms with Gasteiger partial charge >= 0.3 is 0 Å². The molecule has 0 bridgehead atoms. The predicted octanol–water partition coefficient (Wildman–Crippen LogP) is 2.46. The monoisotopic (exact) mass is 205 g/mol. The largest absolute Gasteiger partial charge is 0.325 e. The number of nitrogens with zero attached hydrogens (tertiary/aromatic N) is 1. The maximum Gasteiger partial charge on any atom is 0.286 e. The first kappa shape index (κ1) is 10.7. The van der Waals surface area contributed by atoms with Gasteiger partial charge in [-0.1, -0.05) is 24.1 Å². The second kappa shape index (κ2) is 5.36. The Bertz CT molecular complexity index is 342. The molecule has 3 heteroatoms. The molecule has 0 saturated carbocycles. The summed E-state index contributed by atoms with van der Waals surface area (Å²) < 4.78 is 0. The number of benzene rings is 1. The number of amides is 1. The van der Waals surface area contributed by atoms with Gasteiger partial charge in [0.05, 0.1) is 6.54 Å². The molecular formula is C11H11NOS. The van der Waals surface area contributed by atoms with E-state index in [9.17, 15) is 4.79 Å². The Labute approximate surface area is 88.3 Å². The highest BCUT2D eigenvalue weighted by Crippen LogP contribution is 2.19. The van der Waals surface area contributed by atoms with Crippen molar-refractivity contribution in [2.75, 3.05) is 13.6 Å². The summed E-state index contributed by atoms with van der Waals surface area (Å²) in [7, 11) is 1.69. The molecule has 1 aromatic rings. The number of terminal acetylenes is 1. The van der Waals surface area contributed by atoms with Crippen molar-refractivity contribution >= 4 is 17.0 Å². The minimum Gasteiger partial charge on any atom is -0.325 e. The van der Waals surface area contributed by atoms with E-state index in [0.717, 1.165) is 4.90 Å². The number of thioether (sulfide) groups is 1. The third-order valence-corrected chi connectivity index (χ3v) is 2.58. The van der Waals surface area contributed by atoms with Crippen LogP contribution < -0.4 is 0 Å². The minimum atomic E-state index is -0.0332. The lowest BCUT2D eigenvalue weighted by atomic mass is 10.4. The first-order valence-corrected chi connectivity index (χ1v) is 4.97. The number of rotatable bonds is 2. The van der Waals surface area contributed by atoms with Gasteiger partial charge in [0.25, 0.3) is 5.24 Å². The fraction of sp³-hybridized carbons (Fsp3) is 0.182. The molecule has 1 rings (SSSR count). The van der Waals surface area contributed by atoms with Crippen LogP contribution in [0.4, 0.5) is 4.79 Å². The molecule has 1 amide bonds. The van der Waals surface area contributed by atoms with Gasteiger partial charge in [-0.3, -0.25) is 4.79 Å². The van der Waals surface area contributed by atoms with Crippen LogP contribution in [0, 0.1) is 12.3 Å². The van der Waals surface area contributed by atoms with E-state index < -0.39 is 0 Å². The SMILES string of the molecule is C#CCN(C)C(=O)Sc1ccccc1. The van der Waals surface area contributed by atoms with Crippen LogP contribution in [0.5, 0.6) is 0 Å². The van der Waals surface area contributed by atoms with Crippen molar-refractivity contribution in [3.05, 3.63) is 30.3 Å². The molecule has 0 spiro atoms. The van der Waals surface area contributed by atoms with Gasteiger partial charge in [-0.15, -0.1) is 6.42 Å². The van der Waals surface area contributed by atoms with E-state index in [0.29, 0.717) is 6.54 Å². The normalized spacial score (nSPS) is 9.14. The van der Waals surface area contributed by atoms with Crippen molar-refractivity contribution in [2.45, 2.75) is 4.90 Å². The third-order valence-electron chi connectivity index (χ3n) is 1.59. The molecule has 0 fully saturated rings. The van der Waals surface area contributed by atoms with E-state index in [1.54, 1.807) is 7.05 Å². The smallest absolute Gasteiger partial charge is 0.286 e. The fourth-order valence-electron chi connectivity index (χ4n) is 0.869. The van der Waals surface area contributed by atoms with E-state index in [1.807, 2.05) is 30.3 Å². The lowest BCUT2D eigenvalue weighted by Gasteiger charge is -2.12. The average Bonchev–Trinajstić information content (AvgIpc) is 2.19. The molecule has 0 aliphatic rings. The molecule has 0 unspecified atom stereocenters. The quantitative estimate of drug-likeness (QED) is 0.546. The molecule has 72 valence electrons. The Morgan fingerprint density at radius 3 is 2.71 bits per heavy atom. The van der Waals surface area contributed by atoms with Crippen LogP contribution in [0.3, 0.4) is 0 Å². The van der Waals surface area contributed by atoms with Gasteiger partial charge in [-0.05, 0) is 23.9 Å². The fourth-order valence-corrected chi connectivity index (χ4v) is 1.58. The van der Waals surface area contributed by atoms with Crippen LogP contribution >= 0.6 is 11.8 Å². The van der Waals surface area contributed by atoms with Gasteiger partial charge in [-0.25, -0.2) is 0 Å². The first-order valence-electron chi connectivity index (χ1n) is 4.15. The van der Waals surface area contributed by atoms with Crippen molar-refractivity contribution in [3.63, 3.8) is 0 Å². The van der Waals surface area contributed by atoms with Gasteiger partial charge in [0.2, 0.25) is 0 Å². The number of hydrogen-bond acceptors (Lipinski definition) is 2. The summed E-state index contributed by atoms with van der Waals surface area (Å²) in [6, 6.07) is 9.51. The summed E-state index contributed by atoms with van der Waals surface area (Å²) >= 11 is 1.18. The first-order chi connectivity index (χ1) is 6.74. The standard InChI is InChI=1S/C11H11NOS/c1-3-9-12(2)11(13)14-10-7-5-4-6-8-10/h1,4-8H,9H2,2H3. The van der Waals surface area contributed by atoms with E-state index in [4.69, 9.17) is 6.42 Å². The van der Waals surface area contributed by atoms with Crippen LogP contribution in [-0.4, -0.2) is 23.7 Å². The van der Waals surface area contributed by atoms with Gasteiger partial charge in [-0.2, -0.15) is 0 Å². The second-order valence-corrected chi connectivity index (χ2v) is 3.77. The molecule has 0 aliphatic carbocycles. The van der Waals surface area contributed by atoms with E-state index in [1.165, 1.54) is 16.7 Å². The topological polar surface area (TPSA) is 20.3 Å². The molecule has 0 atom stereocenters. The Morgan fingerprint density at radius 2 is 2.14 bits per heavy atom. The van der Waals surface area contributed by atoms with Gasteiger partial charge in [0.1, 0.15) is 0 Å². The van der Waals surface area contributed by atoms with Crippen LogP contribution in [0.2, 0.25) is 0 Å². The van der Waals surface area contributed by atoms with Crippen molar-refractivity contribution in [3.8, 4) is 12.3 Å². The summed E-state index contributed by atoms with van der Waals surface area (Å²) in [6.45, 7) is 0.346.